The van der Waals surface area contributed by atoms with Crippen LogP contribution in [-0.4, -0.2) is 55.2 Å². The molecule has 17 heavy (non-hydrogen) atoms. The van der Waals surface area contributed by atoms with Crippen molar-refractivity contribution >= 4 is 0 Å². The van der Waals surface area contributed by atoms with E-state index in [2.05, 4.69) is 11.8 Å². The van der Waals surface area contributed by atoms with Gasteiger partial charge in [0.15, 0.2) is 5.79 Å². The zero-order valence-electron chi connectivity index (χ0n) is 10.5. The molecular formula is C13H21NO3. The smallest absolute Gasteiger partial charge is 0.197 e. The summed E-state index contributed by atoms with van der Waals surface area (Å²) in [5, 5.41) is 0. The second kappa shape index (κ2) is 3.44. The third-order valence-electron chi connectivity index (χ3n) is 5.18. The Kier molecular flexibility index (Phi) is 2.17. The Morgan fingerprint density at radius 3 is 2.41 bits per heavy atom. The maximum atomic E-state index is 6.37. The topological polar surface area (TPSA) is 30.9 Å². The zero-order valence-corrected chi connectivity index (χ0v) is 10.5. The van der Waals surface area contributed by atoms with Gasteiger partial charge in [0.05, 0.1) is 18.8 Å². The van der Waals surface area contributed by atoms with Crippen LogP contribution in [0.1, 0.15) is 26.2 Å². The number of fused-ring (bicyclic) bond motifs is 2. The van der Waals surface area contributed by atoms with E-state index in [0.29, 0.717) is 5.92 Å². The van der Waals surface area contributed by atoms with Crippen LogP contribution >= 0.6 is 0 Å². The summed E-state index contributed by atoms with van der Waals surface area (Å²) >= 11 is 0. The predicted molar refractivity (Wildman–Crippen MR) is 61.7 cm³/mol. The average Bonchev–Trinajstić information content (AvgIpc) is 2.88. The van der Waals surface area contributed by atoms with E-state index in [1.807, 2.05) is 0 Å². The van der Waals surface area contributed by atoms with Crippen LogP contribution in [0.4, 0.5) is 0 Å². The lowest BCUT2D eigenvalue weighted by molar-refractivity contribution is -0.189. The van der Waals surface area contributed by atoms with Gasteiger partial charge >= 0.3 is 0 Å². The molecule has 2 spiro atoms. The van der Waals surface area contributed by atoms with Crippen molar-refractivity contribution in [3.8, 4) is 0 Å². The first-order valence-corrected chi connectivity index (χ1v) is 6.91. The highest BCUT2D eigenvalue weighted by atomic mass is 16.8. The quantitative estimate of drug-likeness (QED) is 0.631. The summed E-state index contributed by atoms with van der Waals surface area (Å²) < 4.78 is 18.1. The second-order valence-corrected chi connectivity index (χ2v) is 6.06. The van der Waals surface area contributed by atoms with Crippen LogP contribution in [0.15, 0.2) is 0 Å². The largest absolute Gasteiger partial charge is 0.365 e. The molecule has 5 saturated heterocycles. The van der Waals surface area contributed by atoms with Gasteiger partial charge in [0.2, 0.25) is 0 Å². The first-order valence-electron chi connectivity index (χ1n) is 6.91. The van der Waals surface area contributed by atoms with E-state index in [9.17, 15) is 0 Å². The van der Waals surface area contributed by atoms with Crippen molar-refractivity contribution in [2.24, 2.45) is 5.92 Å². The minimum Gasteiger partial charge on any atom is -0.365 e. The molecule has 0 radical (unpaired) electrons. The van der Waals surface area contributed by atoms with Crippen molar-refractivity contribution in [3.63, 3.8) is 0 Å². The molecule has 96 valence electrons. The molecular weight excluding hydrogens is 218 g/mol. The molecule has 2 unspecified atom stereocenters. The van der Waals surface area contributed by atoms with E-state index < -0.39 is 5.79 Å². The Balaban J connectivity index is 1.64. The van der Waals surface area contributed by atoms with Crippen molar-refractivity contribution in [2.75, 3.05) is 32.8 Å². The van der Waals surface area contributed by atoms with E-state index in [4.69, 9.17) is 14.2 Å². The van der Waals surface area contributed by atoms with Crippen LogP contribution in [0, 0.1) is 5.92 Å². The molecule has 5 aliphatic rings. The Morgan fingerprint density at radius 1 is 1.12 bits per heavy atom. The van der Waals surface area contributed by atoms with Gasteiger partial charge in [-0.15, -0.1) is 0 Å². The maximum absolute atomic E-state index is 6.37. The number of piperidine rings is 3. The number of rotatable bonds is 0. The zero-order chi connectivity index (χ0) is 11.5. The summed E-state index contributed by atoms with van der Waals surface area (Å²) in [5.74, 6) is 0.278. The molecule has 4 heteroatoms. The van der Waals surface area contributed by atoms with Gasteiger partial charge in [-0.2, -0.15) is 0 Å². The molecule has 0 saturated carbocycles. The summed E-state index contributed by atoms with van der Waals surface area (Å²) in [6, 6.07) is 0. The van der Waals surface area contributed by atoms with Crippen LogP contribution in [0.5, 0.6) is 0 Å². The molecule has 4 nitrogen and oxygen atoms in total. The third-order valence-corrected chi connectivity index (χ3v) is 5.18. The van der Waals surface area contributed by atoms with Crippen LogP contribution in [-0.2, 0) is 14.2 Å². The summed E-state index contributed by atoms with van der Waals surface area (Å²) in [4.78, 5) is 2.54. The Bertz CT molecular complexity index is 321. The van der Waals surface area contributed by atoms with Crippen molar-refractivity contribution in [3.05, 3.63) is 0 Å². The van der Waals surface area contributed by atoms with Gasteiger partial charge in [0.1, 0.15) is 6.10 Å². The van der Waals surface area contributed by atoms with Gasteiger partial charge in [0.25, 0.3) is 0 Å². The summed E-state index contributed by atoms with van der Waals surface area (Å²) in [6.45, 7) is 7.13. The highest BCUT2D eigenvalue weighted by Crippen LogP contribution is 2.52. The molecule has 5 heterocycles. The van der Waals surface area contributed by atoms with E-state index in [-0.39, 0.29) is 11.7 Å². The molecule has 0 aromatic heterocycles. The third kappa shape index (κ3) is 1.38. The monoisotopic (exact) mass is 239 g/mol. The van der Waals surface area contributed by atoms with Crippen LogP contribution < -0.4 is 0 Å². The van der Waals surface area contributed by atoms with Crippen LogP contribution in [0.25, 0.3) is 0 Å². The summed E-state index contributed by atoms with van der Waals surface area (Å²) in [6.07, 6.45) is 3.57. The fourth-order valence-electron chi connectivity index (χ4n) is 4.31. The number of nitrogens with zero attached hydrogens (tertiary/aromatic N) is 1. The van der Waals surface area contributed by atoms with Crippen LogP contribution in [0.2, 0.25) is 0 Å². The van der Waals surface area contributed by atoms with Crippen LogP contribution in [0.3, 0.4) is 0 Å². The standard InChI is InChI=1S/C13H21NO3/c1-10-13(15-6-7-16-13)8-12(17-10)9-14-4-2-11(12)3-5-14/h10-11H,2-9H2,1H3. The first kappa shape index (κ1) is 10.7. The molecule has 0 amide bonds. The van der Waals surface area contributed by atoms with Gasteiger partial charge in [0, 0.05) is 13.0 Å². The van der Waals surface area contributed by atoms with Gasteiger partial charge in [-0.25, -0.2) is 0 Å². The van der Waals surface area contributed by atoms with Gasteiger partial charge in [-0.05, 0) is 38.8 Å². The van der Waals surface area contributed by atoms with Crippen molar-refractivity contribution in [2.45, 2.75) is 43.7 Å². The first-order chi connectivity index (χ1) is 8.23. The maximum Gasteiger partial charge on any atom is 0.197 e. The molecule has 0 aliphatic carbocycles. The van der Waals surface area contributed by atoms with Crippen molar-refractivity contribution in [1.29, 1.82) is 0 Å². The lowest BCUT2D eigenvalue weighted by Crippen LogP contribution is -2.59. The lowest BCUT2D eigenvalue weighted by Gasteiger charge is -2.51. The number of hydrogen-bond donors (Lipinski definition) is 0. The molecule has 5 rings (SSSR count). The van der Waals surface area contributed by atoms with Gasteiger partial charge in [-0.1, -0.05) is 0 Å². The number of ether oxygens (including phenoxy) is 3. The molecule has 0 aromatic carbocycles. The van der Waals surface area contributed by atoms with E-state index in [1.165, 1.54) is 25.9 Å². The Labute approximate surface area is 102 Å². The highest BCUT2D eigenvalue weighted by Gasteiger charge is 2.62. The summed E-state index contributed by atoms with van der Waals surface area (Å²) in [7, 11) is 0. The van der Waals surface area contributed by atoms with Gasteiger partial charge < -0.3 is 19.1 Å². The molecule has 5 aliphatic heterocycles. The predicted octanol–water partition coefficient (Wildman–Crippen LogP) is 1.00. The fraction of sp³-hybridized carbons (Fsp3) is 1.00. The van der Waals surface area contributed by atoms with Crippen molar-refractivity contribution in [1.82, 2.24) is 4.90 Å². The Hall–Kier alpha value is -0.160. The highest BCUT2D eigenvalue weighted by molar-refractivity contribution is 5.08. The van der Waals surface area contributed by atoms with Gasteiger partial charge in [-0.3, -0.25) is 0 Å². The Morgan fingerprint density at radius 2 is 1.82 bits per heavy atom. The van der Waals surface area contributed by atoms with E-state index in [0.717, 1.165) is 26.2 Å². The fourth-order valence-corrected chi connectivity index (χ4v) is 4.31. The molecule has 2 atom stereocenters. The molecule has 2 bridgehead atoms. The molecule has 0 aromatic rings. The van der Waals surface area contributed by atoms with E-state index in [1.54, 1.807) is 0 Å². The molecule has 5 fully saturated rings. The SMILES string of the molecule is CC1OC2(CN3CCC2CC3)CC12OCCO2. The summed E-state index contributed by atoms with van der Waals surface area (Å²) in [5.41, 5.74) is 0.0141. The molecule has 0 N–H and O–H groups in total. The average molecular weight is 239 g/mol. The second-order valence-electron chi connectivity index (χ2n) is 6.06. The minimum atomic E-state index is -0.432. The van der Waals surface area contributed by atoms with Crippen molar-refractivity contribution < 1.29 is 14.2 Å². The lowest BCUT2D eigenvalue weighted by atomic mass is 9.73. The normalized spacial score (nSPS) is 51.7. The number of hydrogen-bond acceptors (Lipinski definition) is 4. The minimum absolute atomic E-state index is 0.0141. The van der Waals surface area contributed by atoms with E-state index >= 15 is 0 Å².